The second-order valence-electron chi connectivity index (χ2n) is 12.6. The molecule has 0 unspecified atom stereocenters. The van der Waals surface area contributed by atoms with Crippen molar-refractivity contribution in [3.63, 3.8) is 0 Å². The van der Waals surface area contributed by atoms with Gasteiger partial charge in [-0.05, 0) is 70.6 Å². The molecule has 0 N–H and O–H groups in total. The Kier molecular flexibility index (Phi) is 5.85. The van der Waals surface area contributed by atoms with Crippen molar-refractivity contribution in [2.24, 2.45) is 0 Å². The first-order valence-corrected chi connectivity index (χ1v) is 15.9. The van der Waals surface area contributed by atoms with Crippen LogP contribution in [0.15, 0.2) is 158 Å². The zero-order valence-corrected chi connectivity index (χ0v) is 25.8. The zero-order valence-electron chi connectivity index (χ0n) is 25.8. The Morgan fingerprint density at radius 3 is 1.89 bits per heavy atom. The highest BCUT2D eigenvalue weighted by Gasteiger charge is 2.42. The lowest BCUT2D eigenvalue weighted by molar-refractivity contribution is 0.474. The summed E-state index contributed by atoms with van der Waals surface area (Å²) in [6.07, 6.45) is 0. The molecular formula is C43H32N2O. The molecule has 2 aliphatic rings. The molecule has 7 aromatic carbocycles. The van der Waals surface area contributed by atoms with Gasteiger partial charge in [0.15, 0.2) is 11.5 Å². The Morgan fingerprint density at radius 1 is 0.522 bits per heavy atom. The Hall–Kier alpha value is -5.80. The second kappa shape index (κ2) is 10.1. The van der Waals surface area contributed by atoms with Crippen molar-refractivity contribution in [3.05, 3.63) is 169 Å². The van der Waals surface area contributed by atoms with Gasteiger partial charge < -0.3 is 14.5 Å². The van der Waals surface area contributed by atoms with Gasteiger partial charge in [0, 0.05) is 33.4 Å². The summed E-state index contributed by atoms with van der Waals surface area (Å²) in [7, 11) is 0. The van der Waals surface area contributed by atoms with Crippen molar-refractivity contribution in [1.29, 1.82) is 0 Å². The number of fused-ring (bicyclic) bond motifs is 6. The van der Waals surface area contributed by atoms with Crippen LogP contribution in [0.3, 0.4) is 0 Å². The number of rotatable bonds is 4. The molecule has 0 amide bonds. The van der Waals surface area contributed by atoms with Crippen molar-refractivity contribution < 1.29 is 4.74 Å². The van der Waals surface area contributed by atoms with Crippen molar-refractivity contribution in [2.75, 3.05) is 9.80 Å². The highest BCUT2D eigenvalue weighted by molar-refractivity contribution is 6.07. The monoisotopic (exact) mass is 592 g/mol. The minimum absolute atomic E-state index is 0.198. The lowest BCUT2D eigenvalue weighted by Gasteiger charge is -2.45. The maximum atomic E-state index is 6.99. The highest BCUT2D eigenvalue weighted by atomic mass is 16.5. The van der Waals surface area contributed by atoms with Crippen LogP contribution < -0.4 is 14.5 Å². The van der Waals surface area contributed by atoms with Gasteiger partial charge in [-0.25, -0.2) is 0 Å². The number of benzene rings is 7. The van der Waals surface area contributed by atoms with Gasteiger partial charge in [-0.3, -0.25) is 0 Å². The van der Waals surface area contributed by atoms with E-state index in [1.54, 1.807) is 0 Å². The van der Waals surface area contributed by atoms with E-state index < -0.39 is 0 Å². The summed E-state index contributed by atoms with van der Waals surface area (Å²) in [5.74, 6) is 1.77. The summed E-state index contributed by atoms with van der Waals surface area (Å²) in [4.78, 5) is 4.75. The molecular weight excluding hydrogens is 560 g/mol. The summed E-state index contributed by atoms with van der Waals surface area (Å²) < 4.78 is 6.99. The van der Waals surface area contributed by atoms with Crippen molar-refractivity contribution >= 4 is 44.9 Å². The summed E-state index contributed by atoms with van der Waals surface area (Å²) in [5.41, 5.74) is 11.3. The molecule has 0 atom stereocenters. The topological polar surface area (TPSA) is 15.7 Å². The van der Waals surface area contributed by atoms with Gasteiger partial charge in [0.2, 0.25) is 0 Å². The van der Waals surface area contributed by atoms with Crippen LogP contribution in [0.2, 0.25) is 0 Å². The van der Waals surface area contributed by atoms with Gasteiger partial charge in [-0.15, -0.1) is 0 Å². The van der Waals surface area contributed by atoms with E-state index in [4.69, 9.17) is 4.74 Å². The van der Waals surface area contributed by atoms with E-state index in [9.17, 15) is 0 Å². The van der Waals surface area contributed by atoms with Crippen LogP contribution >= 0.6 is 0 Å². The maximum Gasteiger partial charge on any atom is 0.159 e. The number of nitrogens with zero attached hydrogens (tertiary/aromatic N) is 2. The molecule has 2 heterocycles. The minimum Gasteiger partial charge on any atom is -0.452 e. The summed E-state index contributed by atoms with van der Waals surface area (Å²) >= 11 is 0. The first-order chi connectivity index (χ1) is 22.6. The SMILES string of the molecule is CC1(C)c2ccccc2N2c3c1ccc(-c1ccc(N(c4ccccc4)c4ccccc4)cc1)c3Oc1ccc3ccccc3c12. The van der Waals surface area contributed by atoms with Crippen LogP contribution in [-0.4, -0.2) is 0 Å². The van der Waals surface area contributed by atoms with Crippen molar-refractivity contribution in [3.8, 4) is 22.6 Å². The molecule has 0 fully saturated rings. The van der Waals surface area contributed by atoms with Crippen LogP contribution in [0.4, 0.5) is 34.1 Å². The third-order valence-corrected chi connectivity index (χ3v) is 9.61. The van der Waals surface area contributed by atoms with E-state index in [0.717, 1.165) is 51.1 Å². The van der Waals surface area contributed by atoms with Crippen LogP contribution in [0.1, 0.15) is 25.0 Å². The molecule has 46 heavy (non-hydrogen) atoms. The third-order valence-electron chi connectivity index (χ3n) is 9.61. The largest absolute Gasteiger partial charge is 0.452 e. The smallest absolute Gasteiger partial charge is 0.159 e. The molecule has 0 saturated heterocycles. The average Bonchev–Trinajstić information content (AvgIpc) is 3.11. The van der Waals surface area contributed by atoms with Crippen molar-refractivity contribution in [2.45, 2.75) is 19.3 Å². The van der Waals surface area contributed by atoms with Crippen LogP contribution in [-0.2, 0) is 5.41 Å². The lowest BCUT2D eigenvalue weighted by atomic mass is 9.72. The average molecular weight is 593 g/mol. The second-order valence-corrected chi connectivity index (χ2v) is 12.6. The number of ether oxygens (including phenoxy) is 1. The van der Waals surface area contributed by atoms with E-state index in [-0.39, 0.29) is 5.41 Å². The molecule has 7 aromatic rings. The molecule has 0 aromatic heterocycles. The third kappa shape index (κ3) is 3.92. The maximum absolute atomic E-state index is 6.99. The van der Waals surface area contributed by atoms with Gasteiger partial charge in [0.25, 0.3) is 0 Å². The van der Waals surface area contributed by atoms with Gasteiger partial charge >= 0.3 is 0 Å². The van der Waals surface area contributed by atoms with Crippen molar-refractivity contribution in [1.82, 2.24) is 0 Å². The standard InChI is InChI=1S/C43H32N2O/c1-43(2)36-19-11-12-20-38(36)45-40-34-18-10-9-13-29(34)23-28-39(40)46-42-35(26-27-37(43)41(42)45)30-21-24-33(25-22-30)44(31-14-5-3-6-15-31)32-16-7-4-8-17-32/h3-28H,1-2H3. The minimum atomic E-state index is -0.198. The fraction of sp³-hybridized carbons (Fsp3) is 0.0698. The van der Waals surface area contributed by atoms with E-state index in [1.165, 1.54) is 27.6 Å². The number of hydrogen-bond acceptors (Lipinski definition) is 3. The molecule has 3 nitrogen and oxygen atoms in total. The molecule has 0 spiro atoms. The van der Waals surface area contributed by atoms with Gasteiger partial charge in [-0.1, -0.05) is 123 Å². The Morgan fingerprint density at radius 2 is 1.15 bits per heavy atom. The number of anilines is 6. The summed E-state index contributed by atoms with van der Waals surface area (Å²) in [6.45, 7) is 4.65. The molecule has 2 aliphatic heterocycles. The number of para-hydroxylation sites is 3. The first kappa shape index (κ1) is 26.6. The normalized spacial score (nSPS) is 13.7. The van der Waals surface area contributed by atoms with E-state index >= 15 is 0 Å². The van der Waals surface area contributed by atoms with Crippen LogP contribution in [0, 0.1) is 0 Å². The van der Waals surface area contributed by atoms with Crippen LogP contribution in [0.25, 0.3) is 21.9 Å². The molecule has 0 bridgehead atoms. The molecule has 0 saturated carbocycles. The fourth-order valence-corrected chi connectivity index (χ4v) is 7.37. The highest BCUT2D eigenvalue weighted by Crippen LogP contribution is 2.62. The molecule has 220 valence electrons. The lowest BCUT2D eigenvalue weighted by Crippen LogP contribution is -2.32. The van der Waals surface area contributed by atoms with Gasteiger partial charge in [-0.2, -0.15) is 0 Å². The van der Waals surface area contributed by atoms with Gasteiger partial charge in [0.05, 0.1) is 17.1 Å². The summed E-state index contributed by atoms with van der Waals surface area (Å²) in [6, 6.07) is 56.2. The summed E-state index contributed by atoms with van der Waals surface area (Å²) in [5, 5.41) is 2.38. The molecule has 9 rings (SSSR count). The Balaban J connectivity index is 1.23. The number of hydrogen-bond donors (Lipinski definition) is 0. The predicted octanol–water partition coefficient (Wildman–Crippen LogP) is 12.2. The van der Waals surface area contributed by atoms with E-state index in [0.29, 0.717) is 0 Å². The first-order valence-electron chi connectivity index (χ1n) is 15.9. The fourth-order valence-electron chi connectivity index (χ4n) is 7.37. The molecule has 0 radical (unpaired) electrons. The van der Waals surface area contributed by atoms with E-state index in [2.05, 4.69) is 181 Å². The van der Waals surface area contributed by atoms with Gasteiger partial charge in [0.1, 0.15) is 0 Å². The Bertz CT molecular complexity index is 2220. The molecule has 0 aliphatic carbocycles. The quantitative estimate of drug-likeness (QED) is 0.202. The Labute approximate surface area is 269 Å². The van der Waals surface area contributed by atoms with E-state index in [1.807, 2.05) is 0 Å². The zero-order chi connectivity index (χ0) is 30.8. The predicted molar refractivity (Wildman–Crippen MR) is 191 cm³/mol. The van der Waals surface area contributed by atoms with Crippen LogP contribution in [0.5, 0.6) is 11.5 Å². The molecule has 3 heteroatoms.